The van der Waals surface area contributed by atoms with Gasteiger partial charge in [-0.2, -0.15) is 0 Å². The van der Waals surface area contributed by atoms with Crippen molar-refractivity contribution in [2.24, 2.45) is 0 Å². The fourth-order valence-corrected chi connectivity index (χ4v) is 2.27. The van der Waals surface area contributed by atoms with Gasteiger partial charge in [0.15, 0.2) is 6.61 Å². The van der Waals surface area contributed by atoms with Crippen molar-refractivity contribution >= 4 is 34.7 Å². The second-order valence-corrected chi connectivity index (χ2v) is 5.59. The molecule has 0 aromatic heterocycles. The Kier molecular flexibility index (Phi) is 6.21. The molecular formula is C18H17N3O6. The molecule has 2 aromatic rings. The van der Waals surface area contributed by atoms with Crippen LogP contribution < -0.4 is 15.4 Å². The number of nitrogens with zero attached hydrogens (tertiary/aromatic N) is 1. The van der Waals surface area contributed by atoms with E-state index < -0.39 is 10.7 Å². The van der Waals surface area contributed by atoms with Gasteiger partial charge in [-0.1, -0.05) is 6.07 Å². The lowest BCUT2D eigenvalue weighted by atomic mass is 10.1. The Bertz CT molecular complexity index is 910. The fraction of sp³-hybridized carbons (Fsp3) is 0.167. The van der Waals surface area contributed by atoms with E-state index in [9.17, 15) is 24.5 Å². The van der Waals surface area contributed by atoms with Gasteiger partial charge < -0.3 is 15.4 Å². The lowest BCUT2D eigenvalue weighted by Gasteiger charge is -2.12. The smallest absolute Gasteiger partial charge is 0.273 e. The topological polar surface area (TPSA) is 128 Å². The van der Waals surface area contributed by atoms with Crippen molar-refractivity contribution in [2.75, 3.05) is 17.2 Å². The Hall–Kier alpha value is -3.75. The standard InChI is InChI=1S/C18H17N3O6/c1-11(22)19-13-6-7-16(17(8-13)20-12(2)23)18(24)10-27-15-5-3-4-14(9-15)21(25)26/h3-9H,10H2,1-2H3,(H,19,22)(H,20,23). The molecule has 0 atom stereocenters. The molecule has 2 aromatic carbocycles. The van der Waals surface area contributed by atoms with E-state index in [1.807, 2.05) is 0 Å². The van der Waals surface area contributed by atoms with Gasteiger partial charge in [0.2, 0.25) is 17.6 Å². The number of ketones is 1. The van der Waals surface area contributed by atoms with Crippen molar-refractivity contribution in [3.05, 3.63) is 58.1 Å². The molecule has 0 aliphatic rings. The molecule has 2 N–H and O–H groups in total. The van der Waals surface area contributed by atoms with Crippen LogP contribution >= 0.6 is 0 Å². The minimum atomic E-state index is -0.565. The molecule has 140 valence electrons. The first-order valence-corrected chi connectivity index (χ1v) is 7.86. The highest BCUT2D eigenvalue weighted by atomic mass is 16.6. The highest BCUT2D eigenvalue weighted by Gasteiger charge is 2.15. The predicted octanol–water partition coefficient (Wildman–Crippen LogP) is 2.77. The fourth-order valence-electron chi connectivity index (χ4n) is 2.27. The summed E-state index contributed by atoms with van der Waals surface area (Å²) in [6.45, 7) is 2.25. The molecule has 2 amide bonds. The number of nitro benzene ring substituents is 1. The molecule has 0 unspecified atom stereocenters. The molecule has 0 radical (unpaired) electrons. The first kappa shape index (κ1) is 19.6. The Balaban J connectivity index is 2.19. The van der Waals surface area contributed by atoms with Gasteiger partial charge in [-0.15, -0.1) is 0 Å². The van der Waals surface area contributed by atoms with Crippen molar-refractivity contribution < 1.29 is 24.0 Å². The summed E-state index contributed by atoms with van der Waals surface area (Å²) < 4.78 is 5.33. The number of ether oxygens (including phenoxy) is 1. The minimum absolute atomic E-state index is 0.154. The lowest BCUT2D eigenvalue weighted by molar-refractivity contribution is -0.384. The molecule has 0 fully saturated rings. The zero-order valence-corrected chi connectivity index (χ0v) is 14.6. The van der Waals surface area contributed by atoms with Crippen LogP contribution in [-0.4, -0.2) is 29.1 Å². The van der Waals surface area contributed by atoms with Crippen LogP contribution in [0.3, 0.4) is 0 Å². The van der Waals surface area contributed by atoms with E-state index in [2.05, 4.69) is 10.6 Å². The van der Waals surface area contributed by atoms with Crippen molar-refractivity contribution in [3.63, 3.8) is 0 Å². The lowest BCUT2D eigenvalue weighted by Crippen LogP contribution is -2.17. The minimum Gasteiger partial charge on any atom is -0.485 e. The Morgan fingerprint density at radius 2 is 1.74 bits per heavy atom. The number of nitro groups is 1. The van der Waals surface area contributed by atoms with E-state index in [1.54, 1.807) is 0 Å². The molecule has 0 spiro atoms. The summed E-state index contributed by atoms with van der Waals surface area (Å²) in [5, 5.41) is 15.9. The summed E-state index contributed by atoms with van der Waals surface area (Å²) in [5.74, 6) is -0.950. The zero-order valence-electron chi connectivity index (χ0n) is 14.6. The van der Waals surface area contributed by atoms with Crippen LogP contribution in [0.25, 0.3) is 0 Å². The molecule has 9 nitrogen and oxygen atoms in total. The predicted molar refractivity (Wildman–Crippen MR) is 98.0 cm³/mol. The van der Waals surface area contributed by atoms with Gasteiger partial charge in [-0.05, 0) is 24.3 Å². The van der Waals surface area contributed by atoms with Gasteiger partial charge in [0.25, 0.3) is 5.69 Å². The Labute approximate surface area is 154 Å². The second-order valence-electron chi connectivity index (χ2n) is 5.59. The first-order chi connectivity index (χ1) is 12.8. The third-order valence-corrected chi connectivity index (χ3v) is 3.35. The average Bonchev–Trinajstić information content (AvgIpc) is 2.59. The van der Waals surface area contributed by atoms with Crippen LogP contribution in [0.5, 0.6) is 5.75 Å². The zero-order chi connectivity index (χ0) is 20.0. The van der Waals surface area contributed by atoms with Crippen molar-refractivity contribution in [2.45, 2.75) is 13.8 Å². The number of carbonyl (C=O) groups is 3. The van der Waals surface area contributed by atoms with E-state index in [1.165, 1.54) is 56.3 Å². The van der Waals surface area contributed by atoms with Gasteiger partial charge >= 0.3 is 0 Å². The number of hydrogen-bond donors (Lipinski definition) is 2. The van der Waals surface area contributed by atoms with Crippen LogP contribution in [0, 0.1) is 10.1 Å². The SMILES string of the molecule is CC(=O)Nc1ccc(C(=O)COc2cccc([N+](=O)[O-])c2)c(NC(C)=O)c1. The maximum absolute atomic E-state index is 12.5. The molecule has 0 saturated carbocycles. The summed E-state index contributed by atoms with van der Waals surface area (Å²) in [4.78, 5) is 45.3. The monoisotopic (exact) mass is 371 g/mol. The number of non-ortho nitro benzene ring substituents is 1. The number of amides is 2. The third kappa shape index (κ3) is 5.63. The van der Waals surface area contributed by atoms with E-state index in [0.717, 1.165) is 0 Å². The summed E-state index contributed by atoms with van der Waals surface area (Å²) >= 11 is 0. The second kappa shape index (κ2) is 8.56. The van der Waals surface area contributed by atoms with Crippen LogP contribution in [-0.2, 0) is 9.59 Å². The maximum Gasteiger partial charge on any atom is 0.273 e. The highest BCUT2D eigenvalue weighted by molar-refractivity contribution is 6.06. The maximum atomic E-state index is 12.5. The average molecular weight is 371 g/mol. The number of benzene rings is 2. The molecule has 0 aliphatic heterocycles. The molecule has 0 aliphatic carbocycles. The largest absolute Gasteiger partial charge is 0.485 e. The van der Waals surface area contributed by atoms with Gasteiger partial charge in [-0.25, -0.2) is 0 Å². The van der Waals surface area contributed by atoms with Crippen LogP contribution in [0.4, 0.5) is 17.1 Å². The van der Waals surface area contributed by atoms with E-state index in [-0.39, 0.29) is 41.1 Å². The third-order valence-electron chi connectivity index (χ3n) is 3.35. The molecule has 2 rings (SSSR count). The number of nitrogens with one attached hydrogen (secondary N) is 2. The van der Waals surface area contributed by atoms with Crippen LogP contribution in [0.15, 0.2) is 42.5 Å². The number of anilines is 2. The Morgan fingerprint density at radius 1 is 1.04 bits per heavy atom. The number of Topliss-reactive ketones (excluding diaryl/α,β-unsaturated/α-hetero) is 1. The molecule has 0 bridgehead atoms. The van der Waals surface area contributed by atoms with E-state index in [4.69, 9.17) is 4.74 Å². The molecule has 9 heteroatoms. The number of carbonyl (C=O) groups excluding carboxylic acids is 3. The quantitative estimate of drug-likeness (QED) is 0.438. The normalized spacial score (nSPS) is 10.0. The van der Waals surface area contributed by atoms with Gasteiger partial charge in [0.1, 0.15) is 5.75 Å². The van der Waals surface area contributed by atoms with Crippen LogP contribution in [0.2, 0.25) is 0 Å². The highest BCUT2D eigenvalue weighted by Crippen LogP contribution is 2.23. The van der Waals surface area contributed by atoms with Gasteiger partial charge in [0.05, 0.1) is 16.7 Å². The summed E-state index contributed by atoms with van der Waals surface area (Å²) in [5.41, 5.74) is 0.673. The molecule has 0 saturated heterocycles. The van der Waals surface area contributed by atoms with Crippen LogP contribution in [0.1, 0.15) is 24.2 Å². The van der Waals surface area contributed by atoms with Crippen molar-refractivity contribution in [1.82, 2.24) is 0 Å². The molecule has 27 heavy (non-hydrogen) atoms. The molecule has 0 heterocycles. The first-order valence-electron chi connectivity index (χ1n) is 7.86. The van der Waals surface area contributed by atoms with Gasteiger partial charge in [-0.3, -0.25) is 24.5 Å². The number of rotatable bonds is 7. The van der Waals surface area contributed by atoms with E-state index in [0.29, 0.717) is 5.69 Å². The summed E-state index contributed by atoms with van der Waals surface area (Å²) in [6.07, 6.45) is 0. The summed E-state index contributed by atoms with van der Waals surface area (Å²) in [6, 6.07) is 9.90. The van der Waals surface area contributed by atoms with Crippen molar-refractivity contribution in [1.29, 1.82) is 0 Å². The molecular weight excluding hydrogens is 354 g/mol. The van der Waals surface area contributed by atoms with Gasteiger partial charge in [0, 0.05) is 31.2 Å². The Morgan fingerprint density at radius 3 is 2.37 bits per heavy atom. The van der Waals surface area contributed by atoms with Crippen molar-refractivity contribution in [3.8, 4) is 5.75 Å². The van der Waals surface area contributed by atoms with E-state index >= 15 is 0 Å². The number of hydrogen-bond acceptors (Lipinski definition) is 6. The summed E-state index contributed by atoms with van der Waals surface area (Å²) in [7, 11) is 0.